The molecular weight excluding hydrogens is 611 g/mol. The van der Waals surface area contributed by atoms with Crippen molar-refractivity contribution in [3.63, 3.8) is 0 Å². The van der Waals surface area contributed by atoms with Crippen LogP contribution in [0.25, 0.3) is 0 Å². The number of halogens is 1. The second-order valence-corrected chi connectivity index (χ2v) is 14.9. The molecule has 11 nitrogen and oxygen atoms in total. The molecule has 1 spiro atoms. The molecule has 0 radical (unpaired) electrons. The number of likely N-dealkylation sites (tertiary alicyclic amines) is 3. The number of benzene rings is 1. The molecule has 46 heavy (non-hydrogen) atoms. The van der Waals surface area contributed by atoms with E-state index in [-0.39, 0.29) is 16.2 Å². The van der Waals surface area contributed by atoms with Crippen LogP contribution >= 0.6 is 0 Å². The van der Waals surface area contributed by atoms with Gasteiger partial charge >= 0.3 is 0 Å². The topological polar surface area (TPSA) is 119 Å². The molecule has 5 heterocycles. The van der Waals surface area contributed by atoms with Gasteiger partial charge in [0.05, 0.1) is 32.5 Å². The molecule has 1 aromatic carbocycles. The van der Waals surface area contributed by atoms with E-state index in [9.17, 15) is 18.1 Å². The lowest BCUT2D eigenvalue weighted by Crippen LogP contribution is -2.78. The Morgan fingerprint density at radius 1 is 1.07 bits per heavy atom. The summed E-state index contributed by atoms with van der Waals surface area (Å²) in [6.07, 6.45) is 8.35. The van der Waals surface area contributed by atoms with E-state index in [1.165, 1.54) is 50.7 Å². The third-order valence-corrected chi connectivity index (χ3v) is 12.2. The van der Waals surface area contributed by atoms with Crippen LogP contribution in [0, 0.1) is 28.5 Å². The molecule has 1 aromatic heterocycles. The van der Waals surface area contributed by atoms with Crippen molar-refractivity contribution in [2.75, 3.05) is 60.5 Å². The van der Waals surface area contributed by atoms with Crippen LogP contribution in [-0.4, -0.2) is 111 Å². The molecule has 3 atom stereocenters. The Morgan fingerprint density at radius 3 is 2.43 bits per heavy atom. The van der Waals surface area contributed by atoms with Crippen LogP contribution in [0.2, 0.25) is 0 Å². The Morgan fingerprint density at radius 2 is 1.80 bits per heavy atom. The fraction of sp³-hybridized carbons (Fsp3) is 0.485. The summed E-state index contributed by atoms with van der Waals surface area (Å²) >= 11 is 0. The number of carbonyl (C=O) groups excluding carboxylic acids is 1. The van der Waals surface area contributed by atoms with Crippen molar-refractivity contribution >= 4 is 15.9 Å². The Hall–Kier alpha value is -3.83. The number of methoxy groups -OCH3 is 2. The van der Waals surface area contributed by atoms with E-state index < -0.39 is 39.2 Å². The van der Waals surface area contributed by atoms with Gasteiger partial charge in [-0.05, 0) is 63.3 Å². The summed E-state index contributed by atoms with van der Waals surface area (Å²) in [5.41, 5.74) is -0.958. The summed E-state index contributed by atoms with van der Waals surface area (Å²) in [5.74, 6) is -1.53. The van der Waals surface area contributed by atoms with E-state index >= 15 is 4.79 Å². The summed E-state index contributed by atoms with van der Waals surface area (Å²) in [6, 6.07) is 8.52. The standard InChI is InChI=1S/C33H37FN6O5S/c1-37-12-10-24(11-13-37)38-18-32(19-38)20-39(21-32)33(26-7-5-23(34)15-29(26)45-3)27-14-22(16-35)4-8-28(27)40(31(33)41)46(42,43)30-9-6-25(44-2)17-36-30/h4-9,14-15,17,24,27-28H,10-13,18-21H2,1-3H3. The van der Waals surface area contributed by atoms with E-state index in [4.69, 9.17) is 9.47 Å². The molecule has 0 N–H and O–H groups in total. The third kappa shape index (κ3) is 4.57. The minimum Gasteiger partial charge on any atom is -0.496 e. The summed E-state index contributed by atoms with van der Waals surface area (Å²) in [5, 5.41) is 9.61. The number of nitrogens with zero attached hydrogens (tertiary/aromatic N) is 6. The quantitative estimate of drug-likeness (QED) is 0.443. The van der Waals surface area contributed by atoms with Gasteiger partial charge in [0, 0.05) is 60.8 Å². The molecule has 1 amide bonds. The third-order valence-electron chi connectivity index (χ3n) is 10.5. The maximum absolute atomic E-state index is 15.1. The van der Waals surface area contributed by atoms with E-state index in [2.05, 4.69) is 27.9 Å². The minimum atomic E-state index is -4.48. The second kappa shape index (κ2) is 11.2. The predicted molar refractivity (Wildman–Crippen MR) is 166 cm³/mol. The summed E-state index contributed by atoms with van der Waals surface area (Å²) in [7, 11) is 0.517. The van der Waals surface area contributed by atoms with Gasteiger partial charge in [0.2, 0.25) is 0 Å². The van der Waals surface area contributed by atoms with Crippen LogP contribution < -0.4 is 9.47 Å². The minimum absolute atomic E-state index is 0.0461. The van der Waals surface area contributed by atoms with Gasteiger partial charge in [-0.25, -0.2) is 13.7 Å². The van der Waals surface area contributed by atoms with Gasteiger partial charge in [0.1, 0.15) is 22.9 Å². The van der Waals surface area contributed by atoms with Crippen molar-refractivity contribution in [1.29, 1.82) is 5.26 Å². The second-order valence-electron chi connectivity index (χ2n) is 13.2. The first-order valence-electron chi connectivity index (χ1n) is 15.5. The Balaban J connectivity index is 1.31. The molecule has 4 saturated heterocycles. The van der Waals surface area contributed by atoms with Crippen LogP contribution in [0.5, 0.6) is 11.5 Å². The average Bonchev–Trinajstić information content (AvgIpc) is 3.28. The largest absolute Gasteiger partial charge is 0.496 e. The van der Waals surface area contributed by atoms with Gasteiger partial charge in [0.25, 0.3) is 15.9 Å². The first-order valence-corrected chi connectivity index (χ1v) is 16.9. The number of nitriles is 1. The van der Waals surface area contributed by atoms with Gasteiger partial charge in [-0.2, -0.15) is 13.7 Å². The molecule has 2 aromatic rings. The number of piperidine rings is 1. The van der Waals surface area contributed by atoms with Crippen molar-refractivity contribution in [3.8, 4) is 17.6 Å². The number of pyridine rings is 1. The highest BCUT2D eigenvalue weighted by atomic mass is 32.2. The molecule has 7 rings (SSSR count). The van der Waals surface area contributed by atoms with Gasteiger partial charge in [-0.1, -0.05) is 12.2 Å². The highest BCUT2D eigenvalue weighted by molar-refractivity contribution is 7.89. The highest BCUT2D eigenvalue weighted by Gasteiger charge is 2.70. The number of rotatable bonds is 7. The predicted octanol–water partition coefficient (Wildman–Crippen LogP) is 2.38. The van der Waals surface area contributed by atoms with E-state index in [0.29, 0.717) is 36.0 Å². The molecule has 4 fully saturated rings. The molecule has 0 bridgehead atoms. The molecule has 5 aliphatic rings. The smallest absolute Gasteiger partial charge is 0.284 e. The number of amides is 1. The lowest BCUT2D eigenvalue weighted by Gasteiger charge is -2.66. The average molecular weight is 649 g/mol. The van der Waals surface area contributed by atoms with Crippen molar-refractivity contribution in [3.05, 3.63) is 71.7 Å². The number of aromatic nitrogens is 1. The monoisotopic (exact) mass is 648 g/mol. The zero-order valence-electron chi connectivity index (χ0n) is 26.1. The first kappa shape index (κ1) is 30.8. The van der Waals surface area contributed by atoms with Crippen molar-refractivity contribution in [2.24, 2.45) is 11.3 Å². The summed E-state index contributed by atoms with van der Waals surface area (Å²) < 4.78 is 54.9. The van der Waals surface area contributed by atoms with Crippen LogP contribution in [-0.2, 0) is 20.4 Å². The van der Waals surface area contributed by atoms with Crippen LogP contribution in [0.15, 0.2) is 65.4 Å². The summed E-state index contributed by atoms with van der Waals surface area (Å²) in [4.78, 5) is 26.1. The zero-order valence-corrected chi connectivity index (χ0v) is 26.9. The lowest BCUT2D eigenvalue weighted by atomic mass is 9.65. The SMILES string of the molecule is COc1ccc(S(=O)(=O)N2C(=O)C(c3ccc(F)cc3OC)(N3CC4(CN(C5CCN(C)CC5)C4)C3)C3C=C(C#N)C=CC32)nc1. The molecule has 0 saturated carbocycles. The van der Waals surface area contributed by atoms with Crippen molar-refractivity contribution in [1.82, 2.24) is 24.0 Å². The Bertz CT molecular complexity index is 1750. The fourth-order valence-electron chi connectivity index (χ4n) is 8.23. The van der Waals surface area contributed by atoms with Crippen molar-refractivity contribution < 1.29 is 27.1 Å². The van der Waals surface area contributed by atoms with Crippen LogP contribution in [0.1, 0.15) is 18.4 Å². The van der Waals surface area contributed by atoms with E-state index in [1.54, 1.807) is 18.2 Å². The molecule has 3 unspecified atom stereocenters. The van der Waals surface area contributed by atoms with E-state index in [0.717, 1.165) is 43.3 Å². The lowest BCUT2D eigenvalue weighted by molar-refractivity contribution is -0.181. The number of sulfonamides is 1. The van der Waals surface area contributed by atoms with Gasteiger partial charge in [0.15, 0.2) is 5.03 Å². The molecule has 13 heteroatoms. The van der Waals surface area contributed by atoms with Crippen LogP contribution in [0.4, 0.5) is 4.39 Å². The highest BCUT2D eigenvalue weighted by Crippen LogP contribution is 2.58. The maximum atomic E-state index is 15.1. The molecule has 4 aliphatic heterocycles. The fourth-order valence-corrected chi connectivity index (χ4v) is 9.74. The van der Waals surface area contributed by atoms with Gasteiger partial charge in [-0.3, -0.25) is 14.6 Å². The molecule has 1 aliphatic carbocycles. The Kier molecular flexibility index (Phi) is 7.47. The van der Waals surface area contributed by atoms with Gasteiger partial charge < -0.3 is 14.4 Å². The number of hydrogen-bond donors (Lipinski definition) is 0. The number of carbonyl (C=O) groups is 1. The van der Waals surface area contributed by atoms with Gasteiger partial charge in [-0.15, -0.1) is 0 Å². The molecular formula is C33H37FN6O5S. The number of ether oxygens (including phenoxy) is 2. The summed E-state index contributed by atoms with van der Waals surface area (Å²) in [6.45, 7) is 5.01. The van der Waals surface area contributed by atoms with Crippen molar-refractivity contribution in [2.45, 2.75) is 35.5 Å². The Labute approximate surface area is 268 Å². The number of hydrogen-bond acceptors (Lipinski definition) is 10. The maximum Gasteiger partial charge on any atom is 0.284 e. The number of allylic oxidation sites excluding steroid dienone is 2. The first-order chi connectivity index (χ1) is 22.1. The van der Waals surface area contributed by atoms with E-state index in [1.807, 2.05) is 4.90 Å². The number of fused-ring (bicyclic) bond motifs is 1. The molecule has 242 valence electrons. The van der Waals surface area contributed by atoms with Crippen LogP contribution in [0.3, 0.4) is 0 Å². The zero-order chi connectivity index (χ0) is 32.4. The normalized spacial score (nSPS) is 28.3.